The van der Waals surface area contributed by atoms with E-state index in [0.717, 1.165) is 19.3 Å². The average Bonchev–Trinajstić information content (AvgIpc) is 2.57. The molecule has 0 radical (unpaired) electrons. The summed E-state index contributed by atoms with van der Waals surface area (Å²) in [6, 6.07) is -0.0611. The van der Waals surface area contributed by atoms with E-state index in [2.05, 4.69) is 26.1 Å². The first kappa shape index (κ1) is 16.6. The van der Waals surface area contributed by atoms with Crippen LogP contribution in [-0.4, -0.2) is 45.3 Å². The molecule has 112 valence electrons. The van der Waals surface area contributed by atoms with Crippen LogP contribution in [0.15, 0.2) is 0 Å². The zero-order valence-electron chi connectivity index (χ0n) is 12.8. The highest BCUT2D eigenvalue weighted by molar-refractivity contribution is 7.84. The summed E-state index contributed by atoms with van der Waals surface area (Å²) in [5.74, 6) is 0.686. The quantitative estimate of drug-likeness (QED) is 0.776. The molecule has 1 aliphatic heterocycles. The van der Waals surface area contributed by atoms with Crippen molar-refractivity contribution in [1.29, 1.82) is 0 Å². The fraction of sp³-hybridized carbons (Fsp3) is 0.929. The van der Waals surface area contributed by atoms with Crippen molar-refractivity contribution in [3.05, 3.63) is 0 Å². The highest BCUT2D eigenvalue weighted by Crippen LogP contribution is 2.20. The lowest BCUT2D eigenvalue weighted by Crippen LogP contribution is -2.42. The first-order chi connectivity index (χ1) is 8.86. The summed E-state index contributed by atoms with van der Waals surface area (Å²) in [4.78, 5) is 14.4. The molecule has 1 heterocycles. The number of hydrogen-bond acceptors (Lipinski definition) is 3. The summed E-state index contributed by atoms with van der Waals surface area (Å²) in [6.07, 6.45) is 4.70. The van der Waals surface area contributed by atoms with Gasteiger partial charge in [-0.2, -0.15) is 0 Å². The van der Waals surface area contributed by atoms with Gasteiger partial charge in [0.25, 0.3) is 0 Å². The molecular formula is C14H28N2O2S. The Morgan fingerprint density at radius 2 is 2.00 bits per heavy atom. The fourth-order valence-corrected chi connectivity index (χ4v) is 2.87. The highest BCUT2D eigenvalue weighted by atomic mass is 32.2. The van der Waals surface area contributed by atoms with Crippen molar-refractivity contribution in [2.24, 2.45) is 5.92 Å². The second-order valence-corrected chi connectivity index (χ2v) is 7.76. The van der Waals surface area contributed by atoms with Gasteiger partial charge >= 0.3 is 0 Å². The molecule has 4 nitrogen and oxygen atoms in total. The van der Waals surface area contributed by atoms with Gasteiger partial charge in [0.1, 0.15) is 0 Å². The molecule has 0 aromatic heterocycles. The van der Waals surface area contributed by atoms with Gasteiger partial charge in [-0.1, -0.05) is 27.2 Å². The Morgan fingerprint density at radius 1 is 1.37 bits per heavy atom. The third-order valence-corrected chi connectivity index (χ3v) is 4.92. The molecule has 4 atom stereocenters. The number of amides is 1. The molecule has 0 spiro atoms. The maximum Gasteiger partial charge on any atom is 0.241 e. The van der Waals surface area contributed by atoms with Crippen molar-refractivity contribution in [2.45, 2.75) is 64.4 Å². The molecule has 1 saturated heterocycles. The smallest absolute Gasteiger partial charge is 0.241 e. The Kier molecular flexibility index (Phi) is 6.47. The predicted molar refractivity (Wildman–Crippen MR) is 80.3 cm³/mol. The molecule has 0 aromatic rings. The zero-order chi connectivity index (χ0) is 14.6. The predicted octanol–water partition coefficient (Wildman–Crippen LogP) is 1.73. The second-order valence-electron chi connectivity index (χ2n) is 5.95. The topological polar surface area (TPSA) is 49.4 Å². The molecule has 1 aliphatic rings. The third kappa shape index (κ3) is 4.56. The van der Waals surface area contributed by atoms with E-state index >= 15 is 0 Å². The summed E-state index contributed by atoms with van der Waals surface area (Å²) in [7, 11) is -0.884. The first-order valence-electron chi connectivity index (χ1n) is 7.25. The maximum absolute atomic E-state index is 12.4. The van der Waals surface area contributed by atoms with Crippen LogP contribution in [-0.2, 0) is 15.6 Å². The Morgan fingerprint density at radius 3 is 2.47 bits per heavy atom. The lowest BCUT2D eigenvalue weighted by molar-refractivity contribution is -0.130. The third-order valence-electron chi connectivity index (χ3n) is 3.64. The standard InChI is InChI=1S/C14H28N2O2S/c1-6-7-13-15-12(8-10(2)3)14(17)16(13)9-11(4)19(5)18/h10-13,15H,6-9H2,1-5H3. The van der Waals surface area contributed by atoms with Crippen LogP contribution in [0, 0.1) is 5.92 Å². The Labute approximate surface area is 119 Å². The zero-order valence-corrected chi connectivity index (χ0v) is 13.6. The molecule has 0 aromatic carbocycles. The normalized spacial score (nSPS) is 27.1. The van der Waals surface area contributed by atoms with Gasteiger partial charge in [-0.05, 0) is 25.7 Å². The van der Waals surface area contributed by atoms with Crippen molar-refractivity contribution in [1.82, 2.24) is 10.2 Å². The molecule has 0 aliphatic carbocycles. The van der Waals surface area contributed by atoms with Crippen molar-refractivity contribution in [2.75, 3.05) is 12.8 Å². The van der Waals surface area contributed by atoms with Gasteiger partial charge in [0.15, 0.2) is 0 Å². The van der Waals surface area contributed by atoms with Crippen molar-refractivity contribution >= 4 is 16.7 Å². The van der Waals surface area contributed by atoms with Crippen LogP contribution in [0.2, 0.25) is 0 Å². The Bertz CT molecular complexity index is 333. The number of hydrogen-bond donors (Lipinski definition) is 1. The number of carbonyl (C=O) groups excluding carboxylic acids is 1. The van der Waals surface area contributed by atoms with E-state index in [-0.39, 0.29) is 23.4 Å². The van der Waals surface area contributed by atoms with Crippen LogP contribution in [0.25, 0.3) is 0 Å². The van der Waals surface area contributed by atoms with Gasteiger partial charge in [-0.25, -0.2) is 0 Å². The Hall–Kier alpha value is -0.420. The number of nitrogens with zero attached hydrogens (tertiary/aromatic N) is 1. The van der Waals surface area contributed by atoms with Gasteiger partial charge in [0.2, 0.25) is 5.91 Å². The summed E-state index contributed by atoms with van der Waals surface area (Å²) >= 11 is 0. The molecule has 4 unspecified atom stereocenters. The van der Waals surface area contributed by atoms with Crippen LogP contribution in [0.3, 0.4) is 0 Å². The minimum Gasteiger partial charge on any atom is -0.325 e. The van der Waals surface area contributed by atoms with E-state index in [1.807, 2.05) is 11.8 Å². The minimum absolute atomic E-state index is 0.0305. The molecule has 0 saturated carbocycles. The molecule has 0 bridgehead atoms. The van der Waals surface area contributed by atoms with Crippen LogP contribution >= 0.6 is 0 Å². The largest absolute Gasteiger partial charge is 0.325 e. The molecule has 19 heavy (non-hydrogen) atoms. The summed E-state index contributed by atoms with van der Waals surface area (Å²) in [6.45, 7) is 8.93. The Balaban J connectivity index is 2.73. The average molecular weight is 288 g/mol. The van der Waals surface area contributed by atoms with Crippen molar-refractivity contribution in [3.63, 3.8) is 0 Å². The maximum atomic E-state index is 12.4. The van der Waals surface area contributed by atoms with Crippen LogP contribution in [0.4, 0.5) is 0 Å². The number of rotatable bonds is 7. The summed E-state index contributed by atoms with van der Waals surface area (Å²) < 4.78 is 11.5. The van der Waals surface area contributed by atoms with Gasteiger partial charge in [0, 0.05) is 28.9 Å². The van der Waals surface area contributed by atoms with Gasteiger partial charge in [0.05, 0.1) is 12.2 Å². The van der Waals surface area contributed by atoms with Crippen molar-refractivity contribution in [3.8, 4) is 0 Å². The number of nitrogens with one attached hydrogen (secondary N) is 1. The van der Waals surface area contributed by atoms with Crippen LogP contribution in [0.5, 0.6) is 0 Å². The van der Waals surface area contributed by atoms with Gasteiger partial charge in [-0.3, -0.25) is 14.3 Å². The highest BCUT2D eigenvalue weighted by Gasteiger charge is 2.38. The second kappa shape index (κ2) is 7.39. The van der Waals surface area contributed by atoms with Crippen molar-refractivity contribution < 1.29 is 9.00 Å². The molecule has 1 amide bonds. The van der Waals surface area contributed by atoms with E-state index in [1.165, 1.54) is 0 Å². The van der Waals surface area contributed by atoms with E-state index in [1.54, 1.807) is 6.26 Å². The van der Waals surface area contributed by atoms with Gasteiger partial charge < -0.3 is 4.90 Å². The molecule has 5 heteroatoms. The van der Waals surface area contributed by atoms with E-state index in [4.69, 9.17) is 0 Å². The first-order valence-corrected chi connectivity index (χ1v) is 8.87. The monoisotopic (exact) mass is 288 g/mol. The summed E-state index contributed by atoms with van der Waals surface area (Å²) in [5, 5.41) is 3.48. The molecule has 1 rings (SSSR count). The number of carbonyl (C=O) groups is 1. The summed E-state index contributed by atoms with van der Waals surface area (Å²) in [5.41, 5.74) is 0. The fourth-order valence-electron chi connectivity index (χ4n) is 2.50. The molecule has 1 N–H and O–H groups in total. The minimum atomic E-state index is -0.884. The lowest BCUT2D eigenvalue weighted by Gasteiger charge is -2.26. The molecular weight excluding hydrogens is 260 g/mol. The molecule has 1 fully saturated rings. The van der Waals surface area contributed by atoms with E-state index < -0.39 is 10.8 Å². The van der Waals surface area contributed by atoms with Gasteiger partial charge in [-0.15, -0.1) is 0 Å². The van der Waals surface area contributed by atoms with Crippen LogP contribution < -0.4 is 5.32 Å². The van der Waals surface area contributed by atoms with E-state index in [0.29, 0.717) is 12.5 Å². The lowest BCUT2D eigenvalue weighted by atomic mass is 10.0. The van der Waals surface area contributed by atoms with E-state index in [9.17, 15) is 9.00 Å². The van der Waals surface area contributed by atoms with Crippen LogP contribution in [0.1, 0.15) is 47.0 Å². The SMILES string of the molecule is CCCC1NC(CC(C)C)C(=O)N1CC(C)S(C)=O.